The van der Waals surface area contributed by atoms with Crippen molar-refractivity contribution in [1.82, 2.24) is 14.8 Å². The lowest BCUT2D eigenvalue weighted by molar-refractivity contribution is 0.0575. The zero-order valence-corrected chi connectivity index (χ0v) is 18.4. The van der Waals surface area contributed by atoms with Crippen LogP contribution in [0.4, 0.5) is 16.3 Å². The van der Waals surface area contributed by atoms with Gasteiger partial charge in [-0.25, -0.2) is 9.78 Å². The lowest BCUT2D eigenvalue weighted by Crippen LogP contribution is -2.50. The maximum absolute atomic E-state index is 13.2. The average molecular weight is 457 g/mol. The lowest BCUT2D eigenvalue weighted by Gasteiger charge is -2.33. The number of ether oxygens (including phenoxy) is 1. The molecule has 1 aliphatic heterocycles. The SMILES string of the molecule is CCOC(=O)N1CCN(C(=O)c2sc3nc(N)c(C#N)c(-c4ccsc4)c3c2N)CC1. The summed E-state index contributed by atoms with van der Waals surface area (Å²) < 4.78 is 5.02. The van der Waals surface area contributed by atoms with E-state index in [4.69, 9.17) is 16.2 Å². The van der Waals surface area contributed by atoms with Gasteiger partial charge >= 0.3 is 6.09 Å². The first-order chi connectivity index (χ1) is 15.0. The first kappa shape index (κ1) is 20.9. The first-order valence-electron chi connectivity index (χ1n) is 9.61. The van der Waals surface area contributed by atoms with Crippen LogP contribution in [0.5, 0.6) is 0 Å². The van der Waals surface area contributed by atoms with Gasteiger partial charge in [0.1, 0.15) is 27.2 Å². The smallest absolute Gasteiger partial charge is 0.409 e. The highest BCUT2D eigenvalue weighted by Gasteiger charge is 2.30. The van der Waals surface area contributed by atoms with Crippen molar-refractivity contribution in [2.45, 2.75) is 6.92 Å². The van der Waals surface area contributed by atoms with Gasteiger partial charge in [-0.05, 0) is 29.3 Å². The molecular formula is C20H20N6O3S2. The fourth-order valence-electron chi connectivity index (χ4n) is 3.59. The van der Waals surface area contributed by atoms with Crippen LogP contribution in [0.3, 0.4) is 0 Å². The molecule has 31 heavy (non-hydrogen) atoms. The van der Waals surface area contributed by atoms with Crippen LogP contribution >= 0.6 is 22.7 Å². The summed E-state index contributed by atoms with van der Waals surface area (Å²) in [5, 5.41) is 14.0. The second kappa shape index (κ2) is 8.41. The molecule has 0 aromatic carbocycles. The summed E-state index contributed by atoms with van der Waals surface area (Å²) in [5.41, 5.74) is 14.4. The Hall–Kier alpha value is -3.36. The Bertz CT molecular complexity index is 1190. The summed E-state index contributed by atoms with van der Waals surface area (Å²) in [4.78, 5) is 33.6. The summed E-state index contributed by atoms with van der Waals surface area (Å²) in [6.45, 7) is 3.59. The number of rotatable bonds is 3. The number of nitriles is 1. The molecule has 3 aromatic rings. The molecule has 0 atom stereocenters. The number of amides is 2. The summed E-state index contributed by atoms with van der Waals surface area (Å²) >= 11 is 2.66. The summed E-state index contributed by atoms with van der Waals surface area (Å²) in [6.07, 6.45) is -0.375. The van der Waals surface area contributed by atoms with E-state index in [2.05, 4.69) is 11.1 Å². The van der Waals surface area contributed by atoms with Gasteiger partial charge in [-0.2, -0.15) is 16.6 Å². The molecule has 0 radical (unpaired) electrons. The van der Waals surface area contributed by atoms with Crippen LogP contribution in [0.1, 0.15) is 22.2 Å². The largest absolute Gasteiger partial charge is 0.450 e. The van der Waals surface area contributed by atoms with Crippen LogP contribution in [0.15, 0.2) is 16.8 Å². The van der Waals surface area contributed by atoms with E-state index in [1.54, 1.807) is 16.7 Å². The highest BCUT2D eigenvalue weighted by atomic mass is 32.1. The van der Waals surface area contributed by atoms with Gasteiger partial charge in [-0.3, -0.25) is 4.79 Å². The van der Waals surface area contributed by atoms with Gasteiger partial charge in [0.2, 0.25) is 0 Å². The van der Waals surface area contributed by atoms with Crippen molar-refractivity contribution in [2.75, 3.05) is 44.3 Å². The Kier molecular flexibility index (Phi) is 5.67. The van der Waals surface area contributed by atoms with Gasteiger partial charge in [-0.15, -0.1) is 11.3 Å². The number of nitrogens with two attached hydrogens (primary N) is 2. The van der Waals surface area contributed by atoms with Crippen LogP contribution in [0.25, 0.3) is 21.3 Å². The fourth-order valence-corrected chi connectivity index (χ4v) is 5.31. The predicted molar refractivity (Wildman–Crippen MR) is 121 cm³/mol. The maximum atomic E-state index is 13.2. The van der Waals surface area contributed by atoms with E-state index >= 15 is 0 Å². The number of nitrogen functional groups attached to an aromatic ring is 2. The Balaban J connectivity index is 1.69. The van der Waals surface area contributed by atoms with Crippen molar-refractivity contribution < 1.29 is 14.3 Å². The zero-order chi connectivity index (χ0) is 22.1. The van der Waals surface area contributed by atoms with Gasteiger partial charge in [0.05, 0.1) is 12.3 Å². The number of aromatic nitrogens is 1. The number of thiophene rings is 2. The topological polar surface area (TPSA) is 139 Å². The average Bonchev–Trinajstić information content (AvgIpc) is 3.41. The minimum absolute atomic E-state index is 0.111. The van der Waals surface area contributed by atoms with Crippen LogP contribution in [-0.2, 0) is 4.74 Å². The molecule has 1 fully saturated rings. The number of carbonyl (C=O) groups excluding carboxylic acids is 2. The van der Waals surface area contributed by atoms with E-state index in [0.29, 0.717) is 59.1 Å². The Labute approximate surface area is 186 Å². The lowest BCUT2D eigenvalue weighted by atomic mass is 9.99. The fraction of sp³-hybridized carbons (Fsp3) is 0.300. The molecule has 0 spiro atoms. The molecule has 0 bridgehead atoms. The molecule has 2 amide bonds. The molecule has 0 aliphatic carbocycles. The van der Waals surface area contributed by atoms with Crippen molar-refractivity contribution in [3.8, 4) is 17.2 Å². The molecule has 1 aliphatic rings. The molecule has 4 heterocycles. The van der Waals surface area contributed by atoms with E-state index in [1.165, 1.54) is 22.7 Å². The van der Waals surface area contributed by atoms with Crippen LogP contribution in [0.2, 0.25) is 0 Å². The summed E-state index contributed by atoms with van der Waals surface area (Å²) in [7, 11) is 0. The standard InChI is InChI=1S/C20H20N6O3S2/c1-2-29-20(28)26-6-4-25(5-7-26)19(27)16-15(22)14-13(11-3-8-30-10-11)12(9-21)17(23)24-18(14)31-16/h3,8,10H,2,4-7,22H2,1H3,(H2,23,24). The highest BCUT2D eigenvalue weighted by Crippen LogP contribution is 2.43. The third kappa shape index (κ3) is 3.64. The van der Waals surface area contributed by atoms with Crippen molar-refractivity contribution >= 4 is 56.4 Å². The number of anilines is 2. The third-order valence-electron chi connectivity index (χ3n) is 5.11. The predicted octanol–water partition coefficient (Wildman–Crippen LogP) is 2.98. The van der Waals surface area contributed by atoms with E-state index in [-0.39, 0.29) is 23.4 Å². The molecule has 11 heteroatoms. The normalized spacial score (nSPS) is 13.9. The third-order valence-corrected chi connectivity index (χ3v) is 6.88. The Morgan fingerprint density at radius 1 is 1.26 bits per heavy atom. The molecular weight excluding hydrogens is 436 g/mol. The van der Waals surface area contributed by atoms with Gasteiger partial charge < -0.3 is 26.0 Å². The highest BCUT2D eigenvalue weighted by molar-refractivity contribution is 7.21. The number of carbonyl (C=O) groups is 2. The molecule has 9 nitrogen and oxygen atoms in total. The second-order valence-electron chi connectivity index (χ2n) is 6.87. The van der Waals surface area contributed by atoms with Crippen LogP contribution in [-0.4, -0.2) is 59.6 Å². The van der Waals surface area contributed by atoms with Crippen LogP contribution < -0.4 is 11.5 Å². The molecule has 3 aromatic heterocycles. The number of fused-ring (bicyclic) bond motifs is 1. The van der Waals surface area contributed by atoms with Crippen molar-refractivity contribution in [2.24, 2.45) is 0 Å². The number of nitrogens with zero attached hydrogens (tertiary/aromatic N) is 4. The Morgan fingerprint density at radius 2 is 1.97 bits per heavy atom. The molecule has 4 rings (SSSR count). The van der Waals surface area contributed by atoms with Crippen LogP contribution in [0, 0.1) is 11.3 Å². The van der Waals surface area contributed by atoms with Gasteiger partial charge in [0.25, 0.3) is 5.91 Å². The number of hydrogen-bond donors (Lipinski definition) is 2. The Morgan fingerprint density at radius 3 is 2.58 bits per heavy atom. The summed E-state index contributed by atoms with van der Waals surface area (Å²) in [5.74, 6) is -0.114. The van der Waals surface area contributed by atoms with Crippen molar-refractivity contribution in [1.29, 1.82) is 5.26 Å². The molecule has 160 valence electrons. The molecule has 4 N–H and O–H groups in total. The minimum Gasteiger partial charge on any atom is -0.450 e. The summed E-state index contributed by atoms with van der Waals surface area (Å²) in [6, 6.07) is 4.00. The maximum Gasteiger partial charge on any atom is 0.409 e. The molecule has 0 saturated carbocycles. The van der Waals surface area contributed by atoms with E-state index in [9.17, 15) is 14.9 Å². The van der Waals surface area contributed by atoms with E-state index < -0.39 is 0 Å². The number of pyridine rings is 1. The zero-order valence-electron chi connectivity index (χ0n) is 16.8. The number of hydrogen-bond acceptors (Lipinski definition) is 9. The van der Waals surface area contributed by atoms with Gasteiger partial charge in [0, 0.05) is 37.1 Å². The second-order valence-corrected chi connectivity index (χ2v) is 8.65. The molecule has 1 saturated heterocycles. The molecule has 0 unspecified atom stereocenters. The van der Waals surface area contributed by atoms with E-state index in [0.717, 1.165) is 5.56 Å². The quantitative estimate of drug-likeness (QED) is 0.618. The van der Waals surface area contributed by atoms with E-state index in [1.807, 2.05) is 16.8 Å². The van der Waals surface area contributed by atoms with Gasteiger partial charge in [-0.1, -0.05) is 0 Å². The number of piperazine rings is 1. The minimum atomic E-state index is -0.375. The first-order valence-corrected chi connectivity index (χ1v) is 11.4. The van der Waals surface area contributed by atoms with Crippen molar-refractivity contribution in [3.05, 3.63) is 27.3 Å². The van der Waals surface area contributed by atoms with Gasteiger partial charge in [0.15, 0.2) is 0 Å². The van der Waals surface area contributed by atoms with Crippen molar-refractivity contribution in [3.63, 3.8) is 0 Å². The monoisotopic (exact) mass is 456 g/mol.